The predicted molar refractivity (Wildman–Crippen MR) is 86.8 cm³/mol. The van der Waals surface area contributed by atoms with E-state index in [1.54, 1.807) is 7.11 Å². The van der Waals surface area contributed by atoms with E-state index in [1.807, 2.05) is 12.1 Å². The Morgan fingerprint density at radius 1 is 0.857 bits per heavy atom. The fourth-order valence-corrected chi connectivity index (χ4v) is 2.36. The van der Waals surface area contributed by atoms with Gasteiger partial charge in [0.2, 0.25) is 0 Å². The highest BCUT2D eigenvalue weighted by Gasteiger charge is 2.05. The zero-order chi connectivity index (χ0) is 15.1. The summed E-state index contributed by atoms with van der Waals surface area (Å²) in [6.45, 7) is 2.09. The minimum absolute atomic E-state index is 0.242. The molecular weight excluding hydrogens is 260 g/mol. The highest BCUT2D eigenvalue weighted by atomic mass is 16.5. The van der Waals surface area contributed by atoms with Gasteiger partial charge < -0.3 is 9.84 Å². The van der Waals surface area contributed by atoms with Crippen molar-refractivity contribution in [2.45, 2.75) is 38.7 Å². The largest absolute Gasteiger partial charge is 0.497 e. The van der Waals surface area contributed by atoms with E-state index in [-0.39, 0.29) is 6.10 Å². The van der Waals surface area contributed by atoms with Gasteiger partial charge in [-0.05, 0) is 55.9 Å². The SMILES string of the molecule is COc1ccc(CCC(O)CCc2ccc(C)cc2)cc1. The number of hydrogen-bond donors (Lipinski definition) is 1. The van der Waals surface area contributed by atoms with Crippen molar-refractivity contribution in [3.05, 3.63) is 65.2 Å². The minimum atomic E-state index is -0.242. The number of methoxy groups -OCH3 is 1. The molecular formula is C19H24O2. The highest BCUT2D eigenvalue weighted by Crippen LogP contribution is 2.15. The van der Waals surface area contributed by atoms with Crippen LogP contribution in [0.3, 0.4) is 0 Å². The molecule has 2 rings (SSSR count). The molecule has 0 saturated carbocycles. The maximum Gasteiger partial charge on any atom is 0.118 e. The number of rotatable bonds is 7. The Hall–Kier alpha value is -1.80. The molecule has 0 amide bonds. The van der Waals surface area contributed by atoms with Gasteiger partial charge in [-0.3, -0.25) is 0 Å². The molecule has 0 fully saturated rings. The predicted octanol–water partition coefficient (Wildman–Crippen LogP) is 3.93. The molecule has 0 heterocycles. The molecule has 2 aromatic rings. The van der Waals surface area contributed by atoms with Gasteiger partial charge in [0.25, 0.3) is 0 Å². The second kappa shape index (κ2) is 7.84. The lowest BCUT2D eigenvalue weighted by Gasteiger charge is -2.11. The number of ether oxygens (including phenoxy) is 1. The zero-order valence-electron chi connectivity index (χ0n) is 12.9. The van der Waals surface area contributed by atoms with Gasteiger partial charge in [0.1, 0.15) is 5.75 Å². The fraction of sp³-hybridized carbons (Fsp3) is 0.368. The van der Waals surface area contributed by atoms with Gasteiger partial charge >= 0.3 is 0 Å². The quantitative estimate of drug-likeness (QED) is 0.834. The second-order valence-corrected chi connectivity index (χ2v) is 5.56. The molecule has 1 unspecified atom stereocenters. The maximum absolute atomic E-state index is 10.1. The van der Waals surface area contributed by atoms with Crippen LogP contribution in [0.2, 0.25) is 0 Å². The first-order valence-corrected chi connectivity index (χ1v) is 7.54. The maximum atomic E-state index is 10.1. The molecule has 0 radical (unpaired) electrons. The Balaban J connectivity index is 1.73. The van der Waals surface area contributed by atoms with Gasteiger partial charge in [0, 0.05) is 0 Å². The van der Waals surface area contributed by atoms with Crippen LogP contribution < -0.4 is 4.74 Å². The van der Waals surface area contributed by atoms with Gasteiger partial charge in [-0.15, -0.1) is 0 Å². The first-order chi connectivity index (χ1) is 10.2. The molecule has 0 spiro atoms. The molecule has 0 aromatic heterocycles. The first-order valence-electron chi connectivity index (χ1n) is 7.54. The van der Waals surface area contributed by atoms with Crippen LogP contribution >= 0.6 is 0 Å². The van der Waals surface area contributed by atoms with Crippen molar-refractivity contribution >= 4 is 0 Å². The molecule has 1 atom stereocenters. The van der Waals surface area contributed by atoms with Crippen molar-refractivity contribution in [2.75, 3.05) is 7.11 Å². The average molecular weight is 284 g/mol. The Morgan fingerprint density at radius 2 is 1.33 bits per heavy atom. The molecule has 2 aromatic carbocycles. The molecule has 1 N–H and O–H groups in total. The van der Waals surface area contributed by atoms with Crippen molar-refractivity contribution in [1.82, 2.24) is 0 Å². The lowest BCUT2D eigenvalue weighted by molar-refractivity contribution is 0.155. The van der Waals surface area contributed by atoms with Gasteiger partial charge in [-0.25, -0.2) is 0 Å². The Bertz CT molecular complexity index is 528. The normalized spacial score (nSPS) is 12.1. The monoisotopic (exact) mass is 284 g/mol. The van der Waals surface area contributed by atoms with Crippen LogP contribution in [0.25, 0.3) is 0 Å². The molecule has 0 bridgehead atoms. The lowest BCUT2D eigenvalue weighted by atomic mass is 10.0. The molecule has 0 aliphatic heterocycles. The number of aryl methyl sites for hydroxylation is 3. The zero-order valence-corrected chi connectivity index (χ0v) is 12.9. The third-order valence-electron chi connectivity index (χ3n) is 3.81. The van der Waals surface area contributed by atoms with E-state index in [0.717, 1.165) is 31.4 Å². The average Bonchev–Trinajstić information content (AvgIpc) is 2.53. The number of aliphatic hydroxyl groups excluding tert-OH is 1. The van der Waals surface area contributed by atoms with Crippen LogP contribution in [0.4, 0.5) is 0 Å². The van der Waals surface area contributed by atoms with Crippen LogP contribution in [0, 0.1) is 6.92 Å². The van der Waals surface area contributed by atoms with Crippen LogP contribution in [-0.4, -0.2) is 18.3 Å². The van der Waals surface area contributed by atoms with Crippen LogP contribution in [-0.2, 0) is 12.8 Å². The second-order valence-electron chi connectivity index (χ2n) is 5.56. The van der Waals surface area contributed by atoms with E-state index in [1.165, 1.54) is 16.7 Å². The van der Waals surface area contributed by atoms with Crippen molar-refractivity contribution in [3.63, 3.8) is 0 Å². The lowest BCUT2D eigenvalue weighted by Crippen LogP contribution is -2.09. The molecule has 0 aliphatic rings. The smallest absolute Gasteiger partial charge is 0.118 e. The molecule has 0 saturated heterocycles. The molecule has 112 valence electrons. The van der Waals surface area contributed by atoms with E-state index in [2.05, 4.69) is 43.3 Å². The van der Waals surface area contributed by atoms with Gasteiger partial charge in [-0.2, -0.15) is 0 Å². The Labute approximate surface area is 127 Å². The summed E-state index contributed by atoms with van der Waals surface area (Å²) < 4.78 is 5.14. The van der Waals surface area contributed by atoms with E-state index >= 15 is 0 Å². The first kappa shape index (κ1) is 15.6. The third-order valence-corrected chi connectivity index (χ3v) is 3.81. The summed E-state index contributed by atoms with van der Waals surface area (Å²) in [5.74, 6) is 0.874. The van der Waals surface area contributed by atoms with E-state index in [0.29, 0.717) is 0 Å². The summed E-state index contributed by atoms with van der Waals surface area (Å²) in [4.78, 5) is 0. The molecule has 2 heteroatoms. The summed E-state index contributed by atoms with van der Waals surface area (Å²) in [6.07, 6.45) is 3.22. The Kier molecular flexibility index (Phi) is 5.82. The van der Waals surface area contributed by atoms with Gasteiger partial charge in [0.15, 0.2) is 0 Å². The van der Waals surface area contributed by atoms with Crippen molar-refractivity contribution in [3.8, 4) is 5.75 Å². The number of aliphatic hydroxyl groups is 1. The minimum Gasteiger partial charge on any atom is -0.497 e. The van der Waals surface area contributed by atoms with Gasteiger partial charge in [0.05, 0.1) is 13.2 Å². The molecule has 0 aliphatic carbocycles. The summed E-state index contributed by atoms with van der Waals surface area (Å²) >= 11 is 0. The van der Waals surface area contributed by atoms with E-state index in [9.17, 15) is 5.11 Å². The van der Waals surface area contributed by atoms with Crippen molar-refractivity contribution < 1.29 is 9.84 Å². The van der Waals surface area contributed by atoms with Crippen LogP contribution in [0.5, 0.6) is 5.75 Å². The molecule has 2 nitrogen and oxygen atoms in total. The van der Waals surface area contributed by atoms with Crippen LogP contribution in [0.15, 0.2) is 48.5 Å². The Morgan fingerprint density at radius 3 is 1.81 bits per heavy atom. The number of hydrogen-bond acceptors (Lipinski definition) is 2. The highest BCUT2D eigenvalue weighted by molar-refractivity contribution is 5.27. The number of benzene rings is 2. The fourth-order valence-electron chi connectivity index (χ4n) is 2.36. The van der Waals surface area contributed by atoms with E-state index in [4.69, 9.17) is 4.74 Å². The third kappa shape index (κ3) is 5.24. The topological polar surface area (TPSA) is 29.5 Å². The van der Waals surface area contributed by atoms with Crippen LogP contribution in [0.1, 0.15) is 29.5 Å². The summed E-state index contributed by atoms with van der Waals surface area (Å²) in [5.41, 5.74) is 3.81. The van der Waals surface area contributed by atoms with Gasteiger partial charge in [-0.1, -0.05) is 42.0 Å². The molecule has 21 heavy (non-hydrogen) atoms. The summed E-state index contributed by atoms with van der Waals surface area (Å²) in [6, 6.07) is 16.6. The van der Waals surface area contributed by atoms with E-state index < -0.39 is 0 Å². The summed E-state index contributed by atoms with van der Waals surface area (Å²) in [5, 5.41) is 10.1. The standard InChI is InChI=1S/C19H24O2/c1-15-3-5-16(6-4-15)7-11-18(20)12-8-17-9-13-19(21-2)14-10-17/h3-6,9-10,13-14,18,20H,7-8,11-12H2,1-2H3. The summed E-state index contributed by atoms with van der Waals surface area (Å²) in [7, 11) is 1.67. The van der Waals surface area contributed by atoms with Crippen molar-refractivity contribution in [1.29, 1.82) is 0 Å². The van der Waals surface area contributed by atoms with Crippen molar-refractivity contribution in [2.24, 2.45) is 0 Å².